The van der Waals surface area contributed by atoms with Crippen LogP contribution in [0.4, 0.5) is 0 Å². The Balaban J connectivity index is 2.11. The number of nitrogens with zero attached hydrogens (tertiary/aromatic N) is 1. The fourth-order valence-corrected chi connectivity index (χ4v) is 3.44. The number of thioether (sulfide) groups is 1. The number of likely N-dealkylation sites (N-methyl/N-ethyl adjacent to an activating group) is 1. The average Bonchev–Trinajstić information content (AvgIpc) is 2.66. The Labute approximate surface area is 166 Å². The van der Waals surface area contributed by atoms with Crippen molar-refractivity contribution in [2.75, 3.05) is 12.3 Å². The van der Waals surface area contributed by atoms with Crippen molar-refractivity contribution in [3.05, 3.63) is 65.2 Å². The summed E-state index contributed by atoms with van der Waals surface area (Å²) >= 11 is 1.50. The maximum atomic E-state index is 12.9. The van der Waals surface area contributed by atoms with Gasteiger partial charge < -0.3 is 10.2 Å². The van der Waals surface area contributed by atoms with E-state index in [1.165, 1.54) is 22.9 Å². The fourth-order valence-electron chi connectivity index (χ4n) is 2.66. The van der Waals surface area contributed by atoms with Crippen LogP contribution in [0.5, 0.6) is 0 Å². The van der Waals surface area contributed by atoms with Crippen molar-refractivity contribution < 1.29 is 9.59 Å². The van der Waals surface area contributed by atoms with Gasteiger partial charge in [-0.05, 0) is 45.4 Å². The minimum Gasteiger partial charge on any atom is -0.355 e. The third kappa shape index (κ3) is 6.43. The van der Waals surface area contributed by atoms with E-state index in [2.05, 4.69) is 5.32 Å². The molecule has 2 aromatic carbocycles. The van der Waals surface area contributed by atoms with E-state index in [4.69, 9.17) is 0 Å². The van der Waals surface area contributed by atoms with E-state index >= 15 is 0 Å². The highest BCUT2D eigenvalue weighted by atomic mass is 32.2. The maximum Gasteiger partial charge on any atom is 0.242 e. The van der Waals surface area contributed by atoms with Crippen LogP contribution >= 0.6 is 11.8 Å². The molecule has 2 rings (SSSR count). The molecule has 1 atom stereocenters. The second kappa shape index (κ2) is 10.2. The normalized spacial score (nSPS) is 11.7. The van der Waals surface area contributed by atoms with Gasteiger partial charge in [0.25, 0.3) is 0 Å². The van der Waals surface area contributed by atoms with Gasteiger partial charge in [0, 0.05) is 18.0 Å². The quantitative estimate of drug-likeness (QED) is 0.701. The van der Waals surface area contributed by atoms with Crippen LogP contribution in [0.15, 0.2) is 53.4 Å². The summed E-state index contributed by atoms with van der Waals surface area (Å²) in [5.41, 5.74) is 3.38. The van der Waals surface area contributed by atoms with E-state index in [0.29, 0.717) is 18.8 Å². The highest BCUT2D eigenvalue weighted by molar-refractivity contribution is 8.00. The van der Waals surface area contributed by atoms with Gasteiger partial charge in [-0.2, -0.15) is 0 Å². The summed E-state index contributed by atoms with van der Waals surface area (Å²) < 4.78 is 0. The molecule has 0 saturated heterocycles. The topological polar surface area (TPSA) is 49.4 Å². The first-order valence-corrected chi connectivity index (χ1v) is 10.2. The Bertz CT molecular complexity index is 757. The molecule has 0 radical (unpaired) electrons. The Hall–Kier alpha value is -2.27. The second-order valence-electron chi connectivity index (χ2n) is 6.68. The van der Waals surface area contributed by atoms with Crippen LogP contribution in [0.2, 0.25) is 0 Å². The van der Waals surface area contributed by atoms with Gasteiger partial charge >= 0.3 is 0 Å². The summed E-state index contributed by atoms with van der Waals surface area (Å²) in [6, 6.07) is 15.7. The Morgan fingerprint density at radius 2 is 1.56 bits per heavy atom. The van der Waals surface area contributed by atoms with Crippen LogP contribution < -0.4 is 5.32 Å². The number of hydrogen-bond acceptors (Lipinski definition) is 3. The van der Waals surface area contributed by atoms with Gasteiger partial charge in [0.1, 0.15) is 6.04 Å². The molecular weight excluding hydrogens is 356 g/mol. The molecule has 0 unspecified atom stereocenters. The van der Waals surface area contributed by atoms with Crippen LogP contribution in [0.1, 0.15) is 30.5 Å². The van der Waals surface area contributed by atoms with E-state index in [1.807, 2.05) is 69.3 Å². The second-order valence-corrected chi connectivity index (χ2v) is 7.73. The zero-order valence-corrected chi connectivity index (χ0v) is 17.3. The number of benzene rings is 2. The number of nitrogens with one attached hydrogen (secondary N) is 1. The van der Waals surface area contributed by atoms with Gasteiger partial charge in [0.05, 0.1) is 5.75 Å². The van der Waals surface area contributed by atoms with Crippen molar-refractivity contribution in [1.82, 2.24) is 10.2 Å². The molecule has 0 heterocycles. The summed E-state index contributed by atoms with van der Waals surface area (Å²) in [6.07, 6.45) is 0. The Morgan fingerprint density at radius 1 is 1.00 bits per heavy atom. The van der Waals surface area contributed by atoms with E-state index in [9.17, 15) is 9.59 Å². The van der Waals surface area contributed by atoms with E-state index < -0.39 is 6.04 Å². The highest BCUT2D eigenvalue weighted by Crippen LogP contribution is 2.20. The van der Waals surface area contributed by atoms with Crippen molar-refractivity contribution in [2.24, 2.45) is 0 Å². The molecular formula is C22H28N2O2S. The first kappa shape index (κ1) is 21.0. The summed E-state index contributed by atoms with van der Waals surface area (Å²) in [4.78, 5) is 28.0. The molecule has 5 heteroatoms. The minimum atomic E-state index is -0.516. The Morgan fingerprint density at radius 3 is 2.11 bits per heavy atom. The number of rotatable bonds is 8. The third-order valence-corrected chi connectivity index (χ3v) is 5.37. The van der Waals surface area contributed by atoms with Gasteiger partial charge in [-0.25, -0.2) is 0 Å². The van der Waals surface area contributed by atoms with E-state index in [0.717, 1.165) is 10.5 Å². The fraction of sp³-hybridized carbons (Fsp3) is 0.364. The van der Waals surface area contributed by atoms with Gasteiger partial charge in [-0.3, -0.25) is 9.59 Å². The third-order valence-electron chi connectivity index (χ3n) is 4.38. The number of hydrogen-bond donors (Lipinski definition) is 1. The van der Waals surface area contributed by atoms with Gasteiger partial charge in [-0.15, -0.1) is 11.8 Å². The SMILES string of the molecule is CCNC(=O)[C@@H](C)N(Cc1ccc(C)cc1)C(=O)CSc1ccc(C)cc1. The lowest BCUT2D eigenvalue weighted by Gasteiger charge is -2.28. The molecule has 0 aliphatic heterocycles. The molecule has 2 amide bonds. The first-order chi connectivity index (χ1) is 12.9. The molecule has 2 aromatic rings. The number of carbonyl (C=O) groups is 2. The average molecular weight is 385 g/mol. The smallest absolute Gasteiger partial charge is 0.242 e. The zero-order valence-electron chi connectivity index (χ0n) is 16.5. The lowest BCUT2D eigenvalue weighted by atomic mass is 10.1. The molecule has 0 saturated carbocycles. The van der Waals surface area contributed by atoms with Gasteiger partial charge in [0.2, 0.25) is 11.8 Å². The summed E-state index contributed by atoms with van der Waals surface area (Å²) in [7, 11) is 0. The highest BCUT2D eigenvalue weighted by Gasteiger charge is 2.25. The molecule has 27 heavy (non-hydrogen) atoms. The molecule has 1 N–H and O–H groups in total. The largest absolute Gasteiger partial charge is 0.355 e. The lowest BCUT2D eigenvalue weighted by molar-refractivity contribution is -0.138. The molecule has 0 fully saturated rings. The van der Waals surface area contributed by atoms with Crippen LogP contribution in [0.3, 0.4) is 0 Å². The summed E-state index contributed by atoms with van der Waals surface area (Å²) in [5.74, 6) is 0.136. The summed E-state index contributed by atoms with van der Waals surface area (Å²) in [5, 5.41) is 2.82. The van der Waals surface area contributed by atoms with Crippen LogP contribution in [0, 0.1) is 13.8 Å². The predicted octanol–water partition coefficient (Wildman–Crippen LogP) is 3.95. The predicted molar refractivity (Wildman–Crippen MR) is 112 cm³/mol. The van der Waals surface area contributed by atoms with Crippen molar-refractivity contribution in [2.45, 2.75) is 45.2 Å². The zero-order chi connectivity index (χ0) is 19.8. The monoisotopic (exact) mass is 384 g/mol. The molecule has 0 aromatic heterocycles. The van der Waals surface area contributed by atoms with Crippen molar-refractivity contribution in [3.8, 4) is 0 Å². The molecule has 0 spiro atoms. The standard InChI is InChI=1S/C22H28N2O2S/c1-5-23-22(26)18(4)24(14-19-10-6-16(2)7-11-19)21(25)15-27-20-12-8-17(3)9-13-20/h6-13,18H,5,14-15H2,1-4H3,(H,23,26)/t18-/m1/s1. The van der Waals surface area contributed by atoms with Crippen LogP contribution in [-0.2, 0) is 16.1 Å². The van der Waals surface area contributed by atoms with Crippen molar-refractivity contribution >= 4 is 23.6 Å². The molecule has 0 bridgehead atoms. The first-order valence-electron chi connectivity index (χ1n) is 9.23. The van der Waals surface area contributed by atoms with Gasteiger partial charge in [0.15, 0.2) is 0 Å². The number of amides is 2. The molecule has 0 aliphatic carbocycles. The molecule has 0 aliphatic rings. The lowest BCUT2D eigenvalue weighted by Crippen LogP contribution is -2.48. The van der Waals surface area contributed by atoms with Crippen molar-refractivity contribution in [3.63, 3.8) is 0 Å². The Kier molecular flexibility index (Phi) is 7.92. The molecule has 4 nitrogen and oxygen atoms in total. The van der Waals surface area contributed by atoms with Crippen LogP contribution in [0.25, 0.3) is 0 Å². The number of carbonyl (C=O) groups excluding carboxylic acids is 2. The van der Waals surface area contributed by atoms with E-state index in [-0.39, 0.29) is 11.8 Å². The van der Waals surface area contributed by atoms with Crippen molar-refractivity contribution in [1.29, 1.82) is 0 Å². The van der Waals surface area contributed by atoms with Gasteiger partial charge in [-0.1, -0.05) is 47.5 Å². The summed E-state index contributed by atoms with van der Waals surface area (Å²) in [6.45, 7) is 8.70. The van der Waals surface area contributed by atoms with Crippen LogP contribution in [-0.4, -0.2) is 35.1 Å². The molecule has 144 valence electrons. The minimum absolute atomic E-state index is 0.0418. The maximum absolute atomic E-state index is 12.9. The number of aryl methyl sites for hydroxylation is 2. The van der Waals surface area contributed by atoms with E-state index in [1.54, 1.807) is 11.8 Å².